The topological polar surface area (TPSA) is 96.9 Å². The molecule has 0 heterocycles. The van der Waals surface area contributed by atoms with Crippen molar-refractivity contribution >= 4 is 23.1 Å². The number of nitrogens with one attached hydrogen (secondary N) is 1. The van der Waals surface area contributed by atoms with Crippen LogP contribution >= 0.6 is 0 Å². The minimum absolute atomic E-state index is 0.0118. The first-order valence-electron chi connectivity index (χ1n) is 6.24. The molecule has 3 N–H and O–H groups in total. The van der Waals surface area contributed by atoms with Crippen LogP contribution in [0.2, 0.25) is 0 Å². The van der Waals surface area contributed by atoms with Gasteiger partial charge in [-0.05, 0) is 55.5 Å². The van der Waals surface area contributed by atoms with Gasteiger partial charge in [-0.25, -0.2) is 0 Å². The summed E-state index contributed by atoms with van der Waals surface area (Å²) in [7, 11) is 0. The summed E-state index contributed by atoms with van der Waals surface area (Å²) in [6, 6.07) is 13.4. The molecule has 2 rings (SSSR count). The average Bonchev–Trinajstić information content (AvgIpc) is 2.48. The van der Waals surface area contributed by atoms with E-state index in [-0.39, 0.29) is 5.78 Å². The third-order valence-electron chi connectivity index (χ3n) is 2.79. The number of benzene rings is 2. The second kappa shape index (κ2) is 6.42. The predicted molar refractivity (Wildman–Crippen MR) is 79.5 cm³/mol. The molecule has 21 heavy (non-hydrogen) atoms. The van der Waals surface area contributed by atoms with Crippen molar-refractivity contribution in [3.63, 3.8) is 0 Å². The molecular formula is C15H14N4O2. The van der Waals surface area contributed by atoms with Crippen LogP contribution in [0.15, 0.2) is 58.9 Å². The summed E-state index contributed by atoms with van der Waals surface area (Å²) >= 11 is 0. The Morgan fingerprint density at radius 2 is 1.52 bits per heavy atom. The van der Waals surface area contributed by atoms with Crippen LogP contribution in [0.5, 0.6) is 0 Å². The zero-order valence-electron chi connectivity index (χ0n) is 11.4. The number of Topliss-reactive ketones (excluding diaryl/α,β-unsaturated/α-hetero) is 1. The van der Waals surface area contributed by atoms with Crippen molar-refractivity contribution in [2.75, 3.05) is 5.43 Å². The number of hydrogen-bond donors (Lipinski definition) is 2. The number of anilines is 1. The van der Waals surface area contributed by atoms with Crippen molar-refractivity contribution in [1.82, 2.24) is 0 Å². The molecule has 0 bridgehead atoms. The van der Waals surface area contributed by atoms with Crippen LogP contribution in [-0.4, -0.2) is 11.7 Å². The van der Waals surface area contributed by atoms with E-state index in [0.717, 1.165) is 5.69 Å². The number of carbonyl (C=O) groups is 2. The Morgan fingerprint density at radius 1 is 0.952 bits per heavy atom. The van der Waals surface area contributed by atoms with Gasteiger partial charge in [0, 0.05) is 11.1 Å². The van der Waals surface area contributed by atoms with Crippen LogP contribution in [0.1, 0.15) is 27.6 Å². The number of amides is 1. The number of ketones is 1. The summed E-state index contributed by atoms with van der Waals surface area (Å²) in [5.74, 6) is -0.472. The summed E-state index contributed by atoms with van der Waals surface area (Å²) < 4.78 is 0. The molecule has 0 aliphatic rings. The number of primary amides is 1. The van der Waals surface area contributed by atoms with Crippen molar-refractivity contribution in [2.45, 2.75) is 6.92 Å². The third kappa shape index (κ3) is 3.97. The van der Waals surface area contributed by atoms with Crippen LogP contribution in [-0.2, 0) is 0 Å². The SMILES string of the molecule is CC(=O)c1ccc(NN=Nc2ccc(C(N)=O)cc2)cc1. The predicted octanol–water partition coefficient (Wildman–Crippen LogP) is 3.10. The monoisotopic (exact) mass is 282 g/mol. The summed E-state index contributed by atoms with van der Waals surface area (Å²) in [5, 5.41) is 7.79. The lowest BCUT2D eigenvalue weighted by Gasteiger charge is -2.00. The first-order chi connectivity index (χ1) is 10.1. The van der Waals surface area contributed by atoms with Crippen molar-refractivity contribution < 1.29 is 9.59 Å². The maximum absolute atomic E-state index is 11.1. The van der Waals surface area contributed by atoms with E-state index < -0.39 is 5.91 Å². The molecule has 0 radical (unpaired) electrons. The van der Waals surface area contributed by atoms with Crippen molar-refractivity contribution in [1.29, 1.82) is 0 Å². The second-order valence-electron chi connectivity index (χ2n) is 4.36. The zero-order valence-corrected chi connectivity index (χ0v) is 11.4. The Morgan fingerprint density at radius 3 is 2.05 bits per heavy atom. The van der Waals surface area contributed by atoms with Crippen LogP contribution in [0.3, 0.4) is 0 Å². The molecule has 0 atom stereocenters. The molecule has 0 fully saturated rings. The Bertz CT molecular complexity index is 676. The van der Waals surface area contributed by atoms with Gasteiger partial charge in [-0.1, -0.05) is 5.22 Å². The summed E-state index contributed by atoms with van der Waals surface area (Å²) in [4.78, 5) is 22.1. The highest BCUT2D eigenvalue weighted by Gasteiger charge is 1.99. The van der Waals surface area contributed by atoms with Gasteiger partial charge < -0.3 is 5.73 Å². The molecule has 0 spiro atoms. The van der Waals surface area contributed by atoms with Gasteiger partial charge in [-0.15, -0.1) is 5.11 Å². The maximum atomic E-state index is 11.1. The van der Waals surface area contributed by atoms with Crippen molar-refractivity contribution in [3.8, 4) is 0 Å². The van der Waals surface area contributed by atoms with Crippen LogP contribution in [0.4, 0.5) is 11.4 Å². The first kappa shape index (κ1) is 14.4. The Kier molecular flexibility index (Phi) is 4.40. The molecule has 6 heteroatoms. The van der Waals surface area contributed by atoms with E-state index in [4.69, 9.17) is 5.73 Å². The van der Waals surface area contributed by atoms with E-state index in [1.165, 1.54) is 6.92 Å². The number of nitrogens with zero attached hydrogens (tertiary/aromatic N) is 2. The van der Waals surface area contributed by atoms with E-state index in [0.29, 0.717) is 16.8 Å². The molecule has 0 aliphatic heterocycles. The maximum Gasteiger partial charge on any atom is 0.248 e. The highest BCUT2D eigenvalue weighted by atomic mass is 16.1. The standard InChI is InChI=1S/C15H14N4O2/c1-10(20)11-2-6-13(7-3-11)17-19-18-14-8-4-12(5-9-14)15(16)21/h2-9H,1H3,(H2,16,21)(H,17,18). The highest BCUT2D eigenvalue weighted by molar-refractivity contribution is 5.94. The lowest BCUT2D eigenvalue weighted by Crippen LogP contribution is -2.10. The molecule has 0 aromatic heterocycles. The Labute approximate surface area is 121 Å². The van der Waals surface area contributed by atoms with Gasteiger partial charge in [0.2, 0.25) is 5.91 Å². The van der Waals surface area contributed by atoms with E-state index in [9.17, 15) is 9.59 Å². The fourth-order valence-corrected chi connectivity index (χ4v) is 1.61. The van der Waals surface area contributed by atoms with E-state index in [1.807, 2.05) is 0 Å². The molecule has 2 aromatic carbocycles. The Hall–Kier alpha value is -3.02. The smallest absolute Gasteiger partial charge is 0.248 e. The molecule has 106 valence electrons. The molecule has 2 aromatic rings. The molecule has 1 amide bonds. The molecular weight excluding hydrogens is 268 g/mol. The van der Waals surface area contributed by atoms with Gasteiger partial charge in [0.15, 0.2) is 5.78 Å². The minimum atomic E-state index is -0.484. The fraction of sp³-hybridized carbons (Fsp3) is 0.0667. The molecule has 0 saturated heterocycles. The van der Waals surface area contributed by atoms with Gasteiger partial charge in [0.05, 0.1) is 11.4 Å². The largest absolute Gasteiger partial charge is 0.366 e. The number of nitrogens with two attached hydrogens (primary N) is 1. The van der Waals surface area contributed by atoms with E-state index >= 15 is 0 Å². The van der Waals surface area contributed by atoms with Gasteiger partial charge in [-0.2, -0.15) is 0 Å². The van der Waals surface area contributed by atoms with Gasteiger partial charge >= 0.3 is 0 Å². The molecule has 0 saturated carbocycles. The summed E-state index contributed by atoms with van der Waals surface area (Å²) in [5.41, 5.74) is 10.3. The number of rotatable bonds is 5. The molecule has 6 nitrogen and oxygen atoms in total. The molecule has 0 aliphatic carbocycles. The van der Waals surface area contributed by atoms with Gasteiger partial charge in [0.25, 0.3) is 0 Å². The van der Waals surface area contributed by atoms with Gasteiger partial charge in [0.1, 0.15) is 0 Å². The first-order valence-corrected chi connectivity index (χ1v) is 6.24. The van der Waals surface area contributed by atoms with Crippen LogP contribution < -0.4 is 11.2 Å². The molecule has 0 unspecified atom stereocenters. The summed E-state index contributed by atoms with van der Waals surface area (Å²) in [6.07, 6.45) is 0. The average molecular weight is 282 g/mol. The number of carbonyl (C=O) groups excluding carboxylic acids is 2. The van der Waals surface area contributed by atoms with Gasteiger partial charge in [-0.3, -0.25) is 15.0 Å². The lowest BCUT2D eigenvalue weighted by molar-refractivity contribution is 0.0996. The van der Waals surface area contributed by atoms with E-state index in [2.05, 4.69) is 15.8 Å². The lowest BCUT2D eigenvalue weighted by atomic mass is 10.1. The highest BCUT2D eigenvalue weighted by Crippen LogP contribution is 2.14. The quantitative estimate of drug-likeness (QED) is 0.501. The Balaban J connectivity index is 1.98. The fourth-order valence-electron chi connectivity index (χ4n) is 1.61. The number of hydrogen-bond acceptors (Lipinski definition) is 4. The minimum Gasteiger partial charge on any atom is -0.366 e. The third-order valence-corrected chi connectivity index (χ3v) is 2.79. The second-order valence-corrected chi connectivity index (χ2v) is 4.36. The summed E-state index contributed by atoms with van der Waals surface area (Å²) in [6.45, 7) is 1.51. The van der Waals surface area contributed by atoms with Crippen LogP contribution in [0.25, 0.3) is 0 Å². The normalized spacial score (nSPS) is 10.5. The van der Waals surface area contributed by atoms with Crippen molar-refractivity contribution in [2.24, 2.45) is 16.1 Å². The van der Waals surface area contributed by atoms with E-state index in [1.54, 1.807) is 48.5 Å². The zero-order chi connectivity index (χ0) is 15.2. The van der Waals surface area contributed by atoms with Crippen LogP contribution in [0, 0.1) is 0 Å². The van der Waals surface area contributed by atoms with Crippen molar-refractivity contribution in [3.05, 3.63) is 59.7 Å².